The maximum atomic E-state index is 13.8. The minimum absolute atomic E-state index is 0. The van der Waals surface area contributed by atoms with Crippen LogP contribution in [0.15, 0.2) is 71.8 Å². The summed E-state index contributed by atoms with van der Waals surface area (Å²) in [6.07, 6.45) is 1.63. The van der Waals surface area contributed by atoms with Crippen LogP contribution < -0.4 is 9.91 Å². The van der Waals surface area contributed by atoms with Crippen molar-refractivity contribution in [3.63, 3.8) is 0 Å². The fourth-order valence-electron chi connectivity index (χ4n) is 4.72. The largest absolute Gasteiger partial charge is 0.307 e. The molecule has 0 radical (unpaired) electrons. The van der Waals surface area contributed by atoms with Gasteiger partial charge in [0.05, 0.1) is 16.8 Å². The molecule has 7 heteroatoms. The number of anilines is 2. The van der Waals surface area contributed by atoms with Crippen LogP contribution in [0.3, 0.4) is 0 Å². The molecule has 0 spiro atoms. The average molecular weight is 647 g/mol. The molecule has 0 saturated heterocycles. The van der Waals surface area contributed by atoms with Gasteiger partial charge in [0.1, 0.15) is 5.71 Å². The summed E-state index contributed by atoms with van der Waals surface area (Å²) in [5, 5.41) is 7.85. The van der Waals surface area contributed by atoms with Gasteiger partial charge in [-0.3, -0.25) is 9.80 Å². The van der Waals surface area contributed by atoms with E-state index < -0.39 is 0 Å². The van der Waals surface area contributed by atoms with E-state index >= 15 is 0 Å². The summed E-state index contributed by atoms with van der Waals surface area (Å²) in [6.45, 7) is 2.76. The van der Waals surface area contributed by atoms with Crippen LogP contribution in [0.2, 0.25) is 10.0 Å². The fraction of sp³-hybridized carbons (Fsp3) is 0.231. The minimum atomic E-state index is -0.148. The van der Waals surface area contributed by atoms with Crippen LogP contribution in [0.1, 0.15) is 30.5 Å². The van der Waals surface area contributed by atoms with E-state index in [1.165, 1.54) is 5.56 Å². The fourth-order valence-corrected chi connectivity index (χ4v) is 5.21. The van der Waals surface area contributed by atoms with E-state index in [0.29, 0.717) is 22.3 Å². The number of carbonyl (C=O) groups is 1. The molecule has 33 heavy (non-hydrogen) atoms. The van der Waals surface area contributed by atoms with Crippen LogP contribution in [-0.2, 0) is 32.3 Å². The van der Waals surface area contributed by atoms with Crippen LogP contribution in [-0.4, -0.2) is 18.2 Å². The Kier molecular flexibility index (Phi) is 7.28. The van der Waals surface area contributed by atoms with E-state index in [0.717, 1.165) is 29.8 Å². The van der Waals surface area contributed by atoms with Crippen LogP contribution >= 0.6 is 23.2 Å². The molecule has 2 unspecified atom stereocenters. The molecular weight excluding hydrogens is 625 g/mol. The Morgan fingerprint density at radius 2 is 1.85 bits per heavy atom. The number of benzene rings is 3. The Labute approximate surface area is 218 Å². The molecule has 4 nitrogen and oxygen atoms in total. The maximum absolute atomic E-state index is 13.8. The smallest absolute Gasteiger partial charge is 0.274 e. The van der Waals surface area contributed by atoms with Crippen LogP contribution in [0.25, 0.3) is 0 Å². The van der Waals surface area contributed by atoms with Gasteiger partial charge < -0.3 is 4.90 Å². The molecule has 1 amide bonds. The van der Waals surface area contributed by atoms with Gasteiger partial charge in [-0.2, -0.15) is 35.4 Å². The monoisotopic (exact) mass is 646 g/mol. The molecule has 2 atom stereocenters. The predicted octanol–water partition coefficient (Wildman–Crippen LogP) is 6.32. The van der Waals surface area contributed by atoms with Crippen molar-refractivity contribution in [2.24, 2.45) is 11.0 Å². The van der Waals surface area contributed by atoms with Crippen molar-refractivity contribution in [1.29, 1.82) is 0 Å². The summed E-state index contributed by atoms with van der Waals surface area (Å²) < 4.78 is 0. The first kappa shape index (κ1) is 24.0. The van der Waals surface area contributed by atoms with Gasteiger partial charge >= 0.3 is 0 Å². The van der Waals surface area contributed by atoms with Gasteiger partial charge in [0.15, 0.2) is 0 Å². The van der Waals surface area contributed by atoms with E-state index in [2.05, 4.69) is 19.1 Å². The van der Waals surface area contributed by atoms with Crippen LogP contribution in [0.4, 0.5) is 11.4 Å². The molecule has 0 fully saturated rings. The van der Waals surface area contributed by atoms with Gasteiger partial charge in [-0.15, -0.1) is 5.56 Å². The third kappa shape index (κ3) is 4.37. The Morgan fingerprint density at radius 3 is 2.58 bits per heavy atom. The van der Waals surface area contributed by atoms with E-state index in [4.69, 9.17) is 28.3 Å². The third-order valence-corrected chi connectivity index (χ3v) is 6.78. The molecule has 3 aromatic carbocycles. The molecule has 2 aliphatic heterocycles. The summed E-state index contributed by atoms with van der Waals surface area (Å²) >= 11 is 12.7. The summed E-state index contributed by atoms with van der Waals surface area (Å²) in [5.74, 6) is -0.119. The molecule has 0 saturated carbocycles. The van der Waals surface area contributed by atoms with Gasteiger partial charge in [-0.05, 0) is 42.7 Å². The van der Waals surface area contributed by atoms with Crippen LogP contribution in [0.5, 0.6) is 0 Å². The Balaban J connectivity index is 0.00000259. The molecule has 2 heterocycles. The topological polar surface area (TPSA) is 35.9 Å². The molecule has 5 rings (SSSR count). The first-order valence-corrected chi connectivity index (χ1v) is 11.5. The van der Waals surface area contributed by atoms with Crippen molar-refractivity contribution in [2.45, 2.75) is 25.8 Å². The molecule has 0 bridgehead atoms. The maximum Gasteiger partial charge on any atom is 0.274 e. The molecule has 0 N–H and O–H groups in total. The zero-order valence-corrected chi connectivity index (χ0v) is 22.5. The van der Waals surface area contributed by atoms with Gasteiger partial charge in [0.2, 0.25) is 0 Å². The first-order chi connectivity index (χ1) is 15.6. The van der Waals surface area contributed by atoms with Crippen molar-refractivity contribution in [1.82, 2.24) is 0 Å². The molecule has 0 aromatic heterocycles. The summed E-state index contributed by atoms with van der Waals surface area (Å²) in [6, 6.07) is 24.2. The number of para-hydroxylation sites is 1. The second-order valence-corrected chi connectivity index (χ2v) is 8.90. The van der Waals surface area contributed by atoms with Gasteiger partial charge in [0, 0.05) is 44.2 Å². The number of nitrogens with zero attached hydrogens (tertiary/aromatic N) is 3. The van der Waals surface area contributed by atoms with Crippen molar-refractivity contribution in [3.05, 3.63) is 94.0 Å². The SMILES string of the molecule is CCC1C(C(=O)N2CCc3ccccc32)=NN(c2ccc(Cl)cc2Cl)C1c1cc[c-]cc1.[W]. The van der Waals surface area contributed by atoms with Crippen molar-refractivity contribution in [3.8, 4) is 0 Å². The van der Waals surface area contributed by atoms with Gasteiger partial charge in [-0.25, -0.2) is 0 Å². The molecule has 168 valence electrons. The number of rotatable bonds is 4. The molecule has 0 aliphatic carbocycles. The Hall–Kier alpha value is -2.13. The molecule has 3 aromatic rings. The standard InChI is InChI=1S/C26H22Cl2N3O.W/c1-2-20-24(26(32)30-15-14-17-8-6-7-11-22(17)30)29-31(23-13-12-19(27)16-21(23)28)25(20)18-9-4-3-5-10-18;/h4-13,16,20,25H,2,14-15H2,1H3;/q-1;. The van der Waals surface area contributed by atoms with E-state index in [9.17, 15) is 4.79 Å². The Morgan fingerprint density at radius 1 is 1.09 bits per heavy atom. The van der Waals surface area contributed by atoms with E-state index in [1.54, 1.807) is 12.1 Å². The number of hydrogen-bond donors (Lipinski definition) is 0. The third-order valence-electron chi connectivity index (χ3n) is 6.24. The average Bonchev–Trinajstić information content (AvgIpc) is 3.41. The summed E-state index contributed by atoms with van der Waals surface area (Å²) in [4.78, 5) is 15.6. The molecule has 2 aliphatic rings. The second-order valence-electron chi connectivity index (χ2n) is 8.05. The zero-order valence-electron chi connectivity index (χ0n) is 18.0. The minimum Gasteiger partial charge on any atom is -0.307 e. The quantitative estimate of drug-likeness (QED) is 0.311. The summed E-state index contributed by atoms with van der Waals surface area (Å²) in [7, 11) is 0. The second kappa shape index (κ2) is 10.0. The Bertz CT molecular complexity index is 1200. The number of fused-ring (bicyclic) bond motifs is 1. The molecular formula is C26H22Cl2N3OW-. The number of carbonyl (C=O) groups excluding carboxylic acids is 1. The van der Waals surface area contributed by atoms with Gasteiger partial charge in [0.25, 0.3) is 5.91 Å². The number of hydrazone groups is 1. The van der Waals surface area contributed by atoms with E-state index in [1.807, 2.05) is 58.4 Å². The van der Waals surface area contributed by atoms with Crippen molar-refractivity contribution in [2.75, 3.05) is 16.5 Å². The zero-order chi connectivity index (χ0) is 22.2. The van der Waals surface area contributed by atoms with E-state index in [-0.39, 0.29) is 38.9 Å². The normalized spacial score (nSPS) is 19.2. The summed E-state index contributed by atoms with van der Waals surface area (Å²) in [5.41, 5.74) is 4.53. The van der Waals surface area contributed by atoms with Crippen molar-refractivity contribution >= 4 is 46.2 Å². The van der Waals surface area contributed by atoms with Gasteiger partial charge in [-0.1, -0.05) is 48.3 Å². The predicted molar refractivity (Wildman–Crippen MR) is 131 cm³/mol. The first-order valence-electron chi connectivity index (χ1n) is 10.8. The van der Waals surface area contributed by atoms with Crippen LogP contribution in [0, 0.1) is 12.0 Å². The van der Waals surface area contributed by atoms with Crippen molar-refractivity contribution < 1.29 is 25.9 Å². The number of hydrogen-bond acceptors (Lipinski definition) is 3. The number of amides is 1. The number of halogens is 2.